The van der Waals surface area contributed by atoms with Crippen molar-refractivity contribution in [1.82, 2.24) is 0 Å². The van der Waals surface area contributed by atoms with E-state index in [2.05, 4.69) is 0 Å². The molecule has 5 heteroatoms. The van der Waals surface area contributed by atoms with Crippen LogP contribution in [0.5, 0.6) is 11.5 Å². The van der Waals surface area contributed by atoms with Gasteiger partial charge in [-0.2, -0.15) is 0 Å². The number of furan rings is 1. The molecule has 0 atom stereocenters. The molecule has 0 saturated carbocycles. The minimum atomic E-state index is -0.539. The third-order valence-corrected chi connectivity index (χ3v) is 5.71. The van der Waals surface area contributed by atoms with E-state index in [0.29, 0.717) is 39.4 Å². The molecule has 0 spiro atoms. The first-order valence-corrected chi connectivity index (χ1v) is 11.4. The summed E-state index contributed by atoms with van der Waals surface area (Å²) in [6, 6.07) is 30.8. The molecule has 1 aromatic heterocycles. The highest BCUT2D eigenvalue weighted by Crippen LogP contribution is 2.36. The van der Waals surface area contributed by atoms with Crippen LogP contribution in [-0.4, -0.2) is 18.9 Å². The van der Waals surface area contributed by atoms with E-state index < -0.39 is 5.97 Å². The largest absolute Gasteiger partial charge is 0.497 e. The minimum Gasteiger partial charge on any atom is -0.497 e. The van der Waals surface area contributed by atoms with Gasteiger partial charge in [-0.1, -0.05) is 78.9 Å². The maximum atomic E-state index is 13.4. The lowest BCUT2D eigenvalue weighted by atomic mass is 10.1. The van der Waals surface area contributed by atoms with Crippen molar-refractivity contribution >= 4 is 28.8 Å². The molecule has 0 bridgehead atoms. The number of hydrogen-bond acceptors (Lipinski definition) is 5. The maximum Gasteiger partial charge on any atom is 0.348 e. The molecule has 176 valence electrons. The van der Waals surface area contributed by atoms with Crippen molar-refractivity contribution < 1.29 is 23.5 Å². The summed E-state index contributed by atoms with van der Waals surface area (Å²) in [5.41, 5.74) is 3.08. The number of hydrogen-bond donors (Lipinski definition) is 0. The molecule has 5 aromatic rings. The van der Waals surface area contributed by atoms with Gasteiger partial charge in [0, 0.05) is 16.5 Å². The lowest BCUT2D eigenvalue weighted by Crippen LogP contribution is -2.09. The zero-order valence-corrected chi connectivity index (χ0v) is 19.5. The topological polar surface area (TPSA) is 65.7 Å². The average Bonchev–Trinajstić information content (AvgIpc) is 3.32. The molecule has 0 N–H and O–H groups in total. The first-order valence-electron chi connectivity index (χ1n) is 11.4. The summed E-state index contributed by atoms with van der Waals surface area (Å²) in [5, 5.41) is 0.609. The lowest BCUT2D eigenvalue weighted by molar-refractivity contribution is 0.0736. The van der Waals surface area contributed by atoms with E-state index in [1.54, 1.807) is 67.8 Å². The van der Waals surface area contributed by atoms with Crippen molar-refractivity contribution in [1.29, 1.82) is 0 Å². The van der Waals surface area contributed by atoms with Crippen molar-refractivity contribution in [2.75, 3.05) is 7.11 Å². The van der Waals surface area contributed by atoms with Gasteiger partial charge in [0.2, 0.25) is 0 Å². The van der Waals surface area contributed by atoms with Gasteiger partial charge < -0.3 is 13.9 Å². The average molecular weight is 475 g/mol. The van der Waals surface area contributed by atoms with Gasteiger partial charge in [0.25, 0.3) is 0 Å². The van der Waals surface area contributed by atoms with Crippen molar-refractivity contribution in [3.05, 3.63) is 126 Å². The molecule has 0 fully saturated rings. The second kappa shape index (κ2) is 10.2. The predicted octanol–water partition coefficient (Wildman–Crippen LogP) is 7.22. The highest BCUT2D eigenvalue weighted by atomic mass is 16.5. The summed E-state index contributed by atoms with van der Waals surface area (Å²) in [6.07, 6.45) is 3.25. The molecule has 5 rings (SSSR count). The van der Waals surface area contributed by atoms with Gasteiger partial charge in [0.05, 0.1) is 7.11 Å². The number of ketones is 1. The third-order valence-electron chi connectivity index (χ3n) is 5.71. The highest BCUT2D eigenvalue weighted by molar-refractivity contribution is 6.10. The molecule has 0 aliphatic carbocycles. The second-order valence-electron chi connectivity index (χ2n) is 8.06. The molecule has 0 saturated heterocycles. The maximum absolute atomic E-state index is 13.4. The van der Waals surface area contributed by atoms with Crippen LogP contribution in [0, 0.1) is 0 Å². The van der Waals surface area contributed by atoms with E-state index in [1.165, 1.54) is 6.08 Å². The monoisotopic (exact) mass is 474 g/mol. The van der Waals surface area contributed by atoms with Gasteiger partial charge in [-0.3, -0.25) is 4.79 Å². The Hall–Kier alpha value is -4.90. The molecule has 1 heterocycles. The number of carbonyl (C=O) groups is 2. The summed E-state index contributed by atoms with van der Waals surface area (Å²) >= 11 is 0. The highest BCUT2D eigenvalue weighted by Gasteiger charge is 2.24. The quantitative estimate of drug-likeness (QED) is 0.108. The zero-order valence-electron chi connectivity index (χ0n) is 19.5. The number of fused-ring (bicyclic) bond motifs is 1. The predicted molar refractivity (Wildman–Crippen MR) is 139 cm³/mol. The van der Waals surface area contributed by atoms with E-state index in [-0.39, 0.29) is 5.78 Å². The number of carbonyl (C=O) groups excluding carboxylic acids is 2. The molecule has 5 nitrogen and oxygen atoms in total. The first kappa shape index (κ1) is 22.9. The fourth-order valence-corrected chi connectivity index (χ4v) is 3.87. The third kappa shape index (κ3) is 4.81. The van der Waals surface area contributed by atoms with Crippen LogP contribution in [0.1, 0.15) is 26.3 Å². The summed E-state index contributed by atoms with van der Waals surface area (Å²) in [4.78, 5) is 25.6. The molecular weight excluding hydrogens is 452 g/mol. The lowest BCUT2D eigenvalue weighted by Gasteiger charge is -2.06. The molecule has 0 amide bonds. The van der Waals surface area contributed by atoms with Crippen molar-refractivity contribution in [3.8, 4) is 22.8 Å². The Bertz CT molecular complexity index is 1550. The molecule has 0 aliphatic heterocycles. The van der Waals surface area contributed by atoms with E-state index >= 15 is 0 Å². The summed E-state index contributed by atoms with van der Waals surface area (Å²) in [6.45, 7) is 0. The van der Waals surface area contributed by atoms with Crippen LogP contribution in [0.15, 0.2) is 114 Å². The Kier molecular flexibility index (Phi) is 6.45. The Morgan fingerprint density at radius 3 is 2.14 bits per heavy atom. The Balaban J connectivity index is 1.40. The van der Waals surface area contributed by atoms with Gasteiger partial charge in [0.1, 0.15) is 28.4 Å². The van der Waals surface area contributed by atoms with Crippen LogP contribution >= 0.6 is 0 Å². The Morgan fingerprint density at radius 1 is 0.778 bits per heavy atom. The molecule has 0 aliphatic rings. The molecule has 4 aromatic carbocycles. The summed E-state index contributed by atoms with van der Waals surface area (Å²) < 4.78 is 17.1. The van der Waals surface area contributed by atoms with Gasteiger partial charge in [-0.15, -0.1) is 0 Å². The fraction of sp³-hybridized carbons (Fsp3) is 0.0323. The number of allylic oxidation sites excluding steroid dienone is 1. The number of benzene rings is 4. The van der Waals surface area contributed by atoms with E-state index in [1.807, 2.05) is 48.5 Å². The smallest absolute Gasteiger partial charge is 0.348 e. The van der Waals surface area contributed by atoms with Crippen molar-refractivity contribution in [2.24, 2.45) is 0 Å². The molecular formula is C31H22O5. The van der Waals surface area contributed by atoms with Crippen LogP contribution < -0.4 is 9.47 Å². The minimum absolute atomic E-state index is 0.0817. The van der Waals surface area contributed by atoms with Crippen LogP contribution in [0.25, 0.3) is 28.4 Å². The number of ether oxygens (including phenoxy) is 2. The standard InChI is InChI=1S/C31H22O5/c1-34-25-17-19-28-26(20-25)29(30(36-28)23-10-6-3-7-11-23)31(33)35-24-15-12-21(13-16-24)14-18-27(32)22-8-4-2-5-9-22/h2-20H,1H3. The molecule has 0 unspecified atom stereocenters. The Morgan fingerprint density at radius 2 is 1.44 bits per heavy atom. The van der Waals surface area contributed by atoms with E-state index in [0.717, 1.165) is 11.1 Å². The summed E-state index contributed by atoms with van der Waals surface area (Å²) in [7, 11) is 1.57. The molecule has 0 radical (unpaired) electrons. The van der Waals surface area contributed by atoms with Crippen LogP contribution in [-0.2, 0) is 0 Å². The van der Waals surface area contributed by atoms with E-state index in [4.69, 9.17) is 13.9 Å². The fourth-order valence-electron chi connectivity index (χ4n) is 3.87. The number of rotatable bonds is 7. The first-order chi connectivity index (χ1) is 17.6. The Labute approximate surface area is 208 Å². The SMILES string of the molecule is COc1ccc2oc(-c3ccccc3)c(C(=O)Oc3ccc(C=CC(=O)c4ccccc4)cc3)c2c1. The molecule has 36 heavy (non-hydrogen) atoms. The van der Waals surface area contributed by atoms with Gasteiger partial charge in [-0.05, 0) is 42.0 Å². The van der Waals surface area contributed by atoms with Gasteiger partial charge >= 0.3 is 5.97 Å². The van der Waals surface area contributed by atoms with Crippen molar-refractivity contribution in [2.45, 2.75) is 0 Å². The van der Waals surface area contributed by atoms with Gasteiger partial charge in [0.15, 0.2) is 5.78 Å². The van der Waals surface area contributed by atoms with Gasteiger partial charge in [-0.25, -0.2) is 4.79 Å². The van der Waals surface area contributed by atoms with Crippen molar-refractivity contribution in [3.63, 3.8) is 0 Å². The van der Waals surface area contributed by atoms with Crippen LogP contribution in [0.3, 0.4) is 0 Å². The second-order valence-corrected chi connectivity index (χ2v) is 8.06. The zero-order chi connectivity index (χ0) is 24.9. The normalized spacial score (nSPS) is 11.0. The number of methoxy groups -OCH3 is 1. The van der Waals surface area contributed by atoms with Crippen LogP contribution in [0.4, 0.5) is 0 Å². The number of esters is 1. The van der Waals surface area contributed by atoms with E-state index in [9.17, 15) is 9.59 Å². The van der Waals surface area contributed by atoms with Crippen LogP contribution in [0.2, 0.25) is 0 Å². The summed E-state index contributed by atoms with van der Waals surface area (Å²) in [5.74, 6) is 0.800.